The number of unbranched alkanes of at least 4 members (excludes halogenated alkanes) is 6. The Kier molecular flexibility index (Phi) is 17.1. The molecular formula is C41H71NO6. The average Bonchev–Trinajstić information content (AvgIpc) is 3.08. The fourth-order valence-electron chi connectivity index (χ4n) is 9.37. The van der Waals surface area contributed by atoms with Gasteiger partial charge in [0.05, 0.1) is 13.2 Å². The first-order valence-corrected chi connectivity index (χ1v) is 20.4. The van der Waals surface area contributed by atoms with E-state index in [-0.39, 0.29) is 24.0 Å². The second kappa shape index (κ2) is 20.9. The Balaban J connectivity index is 1.02. The van der Waals surface area contributed by atoms with Gasteiger partial charge in [0.15, 0.2) is 0 Å². The molecule has 6 saturated carbocycles. The maximum atomic E-state index is 12.6. The van der Waals surface area contributed by atoms with Gasteiger partial charge < -0.3 is 19.1 Å². The number of esters is 3. The summed E-state index contributed by atoms with van der Waals surface area (Å²) >= 11 is 0. The summed E-state index contributed by atoms with van der Waals surface area (Å²) < 4.78 is 17.2. The molecule has 0 radical (unpaired) electrons. The van der Waals surface area contributed by atoms with Crippen LogP contribution in [0.25, 0.3) is 0 Å². The molecule has 276 valence electrons. The Hall–Kier alpha value is -1.63. The number of carbonyl (C=O) groups excluding carboxylic acids is 3. The summed E-state index contributed by atoms with van der Waals surface area (Å²) in [5.74, 6) is 1.75. The normalized spacial score (nSPS) is 26.8. The Morgan fingerprint density at radius 2 is 0.958 bits per heavy atom. The lowest BCUT2D eigenvalue weighted by molar-refractivity contribution is -0.150. The Bertz CT molecular complexity index is 921. The molecule has 0 spiro atoms. The van der Waals surface area contributed by atoms with E-state index < -0.39 is 0 Å². The van der Waals surface area contributed by atoms with Crippen molar-refractivity contribution < 1.29 is 28.6 Å². The van der Waals surface area contributed by atoms with Crippen molar-refractivity contribution in [1.82, 2.24) is 4.90 Å². The molecule has 6 rings (SSSR count). The Labute approximate surface area is 293 Å². The first-order chi connectivity index (χ1) is 23.2. The van der Waals surface area contributed by atoms with Crippen molar-refractivity contribution in [3.8, 4) is 0 Å². The van der Waals surface area contributed by atoms with E-state index in [1.807, 2.05) is 14.1 Å². The second-order valence-corrected chi connectivity index (χ2v) is 16.8. The van der Waals surface area contributed by atoms with E-state index in [9.17, 15) is 14.4 Å². The SMILES string of the molecule is CN(C)CCCC(=O)OC(CCCCCCCC(=O)OCCC12CCC(CC1)CC2)CCCCCC(=O)OCCC12CCC(CC1)CC2. The summed E-state index contributed by atoms with van der Waals surface area (Å²) in [7, 11) is 4.04. The fourth-order valence-corrected chi connectivity index (χ4v) is 9.37. The van der Waals surface area contributed by atoms with Gasteiger partial charge in [0.1, 0.15) is 6.10 Å². The molecule has 0 aliphatic heterocycles. The minimum Gasteiger partial charge on any atom is -0.466 e. The molecule has 0 saturated heterocycles. The number of ether oxygens (including phenoxy) is 3. The zero-order valence-corrected chi connectivity index (χ0v) is 31.0. The van der Waals surface area contributed by atoms with E-state index in [2.05, 4.69) is 4.90 Å². The quantitative estimate of drug-likeness (QED) is 0.0542. The summed E-state index contributed by atoms with van der Waals surface area (Å²) in [4.78, 5) is 39.3. The molecule has 6 aliphatic rings. The first-order valence-electron chi connectivity index (χ1n) is 20.4. The molecule has 4 bridgehead atoms. The number of fused-ring (bicyclic) bond motifs is 6. The highest BCUT2D eigenvalue weighted by molar-refractivity contribution is 5.70. The molecule has 7 heteroatoms. The minimum absolute atomic E-state index is 0.0312. The zero-order chi connectivity index (χ0) is 34.1. The molecule has 0 aromatic heterocycles. The lowest BCUT2D eigenvalue weighted by Crippen LogP contribution is -2.35. The van der Waals surface area contributed by atoms with Crippen LogP contribution in [-0.4, -0.2) is 62.8 Å². The van der Waals surface area contributed by atoms with Crippen LogP contribution in [0.3, 0.4) is 0 Å². The second-order valence-electron chi connectivity index (χ2n) is 16.8. The van der Waals surface area contributed by atoms with Crippen molar-refractivity contribution in [2.45, 2.75) is 186 Å². The molecule has 6 fully saturated rings. The molecule has 0 amide bonds. The topological polar surface area (TPSA) is 82.1 Å². The third kappa shape index (κ3) is 14.3. The van der Waals surface area contributed by atoms with Gasteiger partial charge in [-0.3, -0.25) is 14.4 Å². The van der Waals surface area contributed by atoms with Crippen LogP contribution in [0.1, 0.15) is 180 Å². The van der Waals surface area contributed by atoms with E-state index in [1.165, 1.54) is 77.0 Å². The Morgan fingerprint density at radius 1 is 0.562 bits per heavy atom. The van der Waals surface area contributed by atoms with Crippen molar-refractivity contribution in [2.24, 2.45) is 22.7 Å². The van der Waals surface area contributed by atoms with Crippen LogP contribution in [0, 0.1) is 22.7 Å². The van der Waals surface area contributed by atoms with Gasteiger partial charge in [-0.2, -0.15) is 0 Å². The third-order valence-electron chi connectivity index (χ3n) is 12.9. The molecule has 7 nitrogen and oxygen atoms in total. The van der Waals surface area contributed by atoms with Gasteiger partial charge in [-0.15, -0.1) is 0 Å². The van der Waals surface area contributed by atoms with Crippen LogP contribution < -0.4 is 0 Å². The number of hydrogen-bond acceptors (Lipinski definition) is 7. The fraction of sp³-hybridized carbons (Fsp3) is 0.927. The van der Waals surface area contributed by atoms with Crippen LogP contribution in [0.5, 0.6) is 0 Å². The monoisotopic (exact) mass is 674 g/mol. The van der Waals surface area contributed by atoms with Gasteiger partial charge in [0.2, 0.25) is 0 Å². The first kappa shape index (κ1) is 39.2. The van der Waals surface area contributed by atoms with Gasteiger partial charge in [-0.25, -0.2) is 0 Å². The minimum atomic E-state index is -0.0920. The third-order valence-corrected chi connectivity index (χ3v) is 12.9. The largest absolute Gasteiger partial charge is 0.466 e. The summed E-state index contributed by atoms with van der Waals surface area (Å²) in [6, 6.07) is 0. The van der Waals surface area contributed by atoms with Crippen molar-refractivity contribution in [2.75, 3.05) is 33.9 Å². The van der Waals surface area contributed by atoms with Gasteiger partial charge >= 0.3 is 17.9 Å². The van der Waals surface area contributed by atoms with Crippen LogP contribution in [0.15, 0.2) is 0 Å². The van der Waals surface area contributed by atoms with Gasteiger partial charge in [0, 0.05) is 19.3 Å². The predicted octanol–water partition coefficient (Wildman–Crippen LogP) is 9.73. The highest BCUT2D eigenvalue weighted by atomic mass is 16.5. The van der Waals surface area contributed by atoms with E-state index in [1.54, 1.807) is 0 Å². The van der Waals surface area contributed by atoms with Crippen molar-refractivity contribution >= 4 is 17.9 Å². The van der Waals surface area contributed by atoms with Crippen LogP contribution in [-0.2, 0) is 28.6 Å². The molecule has 1 unspecified atom stereocenters. The standard InChI is InChI=1S/C41H71NO6/c1-42(2)31-11-16-39(45)48-36(13-8-6-10-15-38(44)47-33-30-41-26-20-35(21-27-41)22-28-41)12-7-4-3-5-9-14-37(43)46-32-29-40-23-17-34(18-24-40)19-25-40/h34-36H,3-33H2,1-2H3. The highest BCUT2D eigenvalue weighted by Crippen LogP contribution is 2.53. The Morgan fingerprint density at radius 3 is 1.42 bits per heavy atom. The van der Waals surface area contributed by atoms with Crippen LogP contribution in [0.4, 0.5) is 0 Å². The van der Waals surface area contributed by atoms with Gasteiger partial charge in [-0.05, 0) is 178 Å². The summed E-state index contributed by atoms with van der Waals surface area (Å²) in [6.07, 6.45) is 30.2. The van der Waals surface area contributed by atoms with E-state index in [0.717, 1.165) is 102 Å². The van der Waals surface area contributed by atoms with Crippen LogP contribution >= 0.6 is 0 Å². The summed E-state index contributed by atoms with van der Waals surface area (Å²) in [6.45, 7) is 2.07. The molecule has 1 atom stereocenters. The highest BCUT2D eigenvalue weighted by Gasteiger charge is 2.41. The summed E-state index contributed by atoms with van der Waals surface area (Å²) in [5.41, 5.74) is 0.920. The lowest BCUT2D eigenvalue weighted by Gasteiger charge is -2.46. The van der Waals surface area contributed by atoms with E-state index >= 15 is 0 Å². The van der Waals surface area contributed by atoms with Crippen molar-refractivity contribution in [1.29, 1.82) is 0 Å². The zero-order valence-electron chi connectivity index (χ0n) is 31.0. The van der Waals surface area contributed by atoms with Gasteiger partial charge in [-0.1, -0.05) is 25.7 Å². The van der Waals surface area contributed by atoms with Crippen LogP contribution in [0.2, 0.25) is 0 Å². The molecule has 0 aromatic rings. The van der Waals surface area contributed by atoms with Crippen molar-refractivity contribution in [3.05, 3.63) is 0 Å². The number of hydrogen-bond donors (Lipinski definition) is 0. The molecule has 0 N–H and O–H groups in total. The summed E-state index contributed by atoms with van der Waals surface area (Å²) in [5, 5.41) is 0. The number of nitrogens with zero attached hydrogens (tertiary/aromatic N) is 1. The molecule has 0 aromatic carbocycles. The van der Waals surface area contributed by atoms with E-state index in [4.69, 9.17) is 14.2 Å². The molecule has 48 heavy (non-hydrogen) atoms. The maximum Gasteiger partial charge on any atom is 0.306 e. The lowest BCUT2D eigenvalue weighted by atomic mass is 9.59. The number of carbonyl (C=O) groups is 3. The molecule has 0 heterocycles. The number of rotatable bonds is 25. The van der Waals surface area contributed by atoms with Crippen molar-refractivity contribution in [3.63, 3.8) is 0 Å². The van der Waals surface area contributed by atoms with E-state index in [0.29, 0.717) is 43.3 Å². The average molecular weight is 674 g/mol. The van der Waals surface area contributed by atoms with Gasteiger partial charge in [0.25, 0.3) is 0 Å². The maximum absolute atomic E-state index is 12.6. The molecule has 6 aliphatic carbocycles. The predicted molar refractivity (Wildman–Crippen MR) is 191 cm³/mol. The molecular weight excluding hydrogens is 602 g/mol. The smallest absolute Gasteiger partial charge is 0.306 e.